The second kappa shape index (κ2) is 4.61. The Labute approximate surface area is 116 Å². The summed E-state index contributed by atoms with van der Waals surface area (Å²) in [5.41, 5.74) is 6.72. The van der Waals surface area contributed by atoms with Gasteiger partial charge in [0.25, 0.3) is 5.91 Å². The number of carbonyl (C=O) groups excluding carboxylic acids is 1. The molecule has 2 aromatic rings. The van der Waals surface area contributed by atoms with Crippen molar-refractivity contribution in [1.82, 2.24) is 14.7 Å². The highest BCUT2D eigenvalue weighted by molar-refractivity contribution is 7.20. The van der Waals surface area contributed by atoms with Crippen LogP contribution in [0.15, 0.2) is 6.07 Å². The maximum absolute atomic E-state index is 12.6. The van der Waals surface area contributed by atoms with Gasteiger partial charge in [0.2, 0.25) is 0 Å². The Morgan fingerprint density at radius 3 is 3.11 bits per heavy atom. The third kappa shape index (κ3) is 1.95. The average molecular weight is 278 g/mol. The third-order valence-corrected chi connectivity index (χ3v) is 5.01. The van der Waals surface area contributed by atoms with Crippen molar-refractivity contribution in [2.24, 2.45) is 12.8 Å². The van der Waals surface area contributed by atoms with Gasteiger partial charge in [0.05, 0.1) is 10.6 Å². The van der Waals surface area contributed by atoms with Gasteiger partial charge in [-0.1, -0.05) is 0 Å². The van der Waals surface area contributed by atoms with Gasteiger partial charge in [-0.2, -0.15) is 5.10 Å². The van der Waals surface area contributed by atoms with E-state index < -0.39 is 0 Å². The van der Waals surface area contributed by atoms with Crippen molar-refractivity contribution >= 4 is 27.5 Å². The van der Waals surface area contributed by atoms with Crippen LogP contribution in [0.2, 0.25) is 0 Å². The van der Waals surface area contributed by atoms with E-state index in [4.69, 9.17) is 5.73 Å². The first-order chi connectivity index (χ1) is 9.11. The summed E-state index contributed by atoms with van der Waals surface area (Å²) < 4.78 is 1.84. The largest absolute Gasteiger partial charge is 0.334 e. The van der Waals surface area contributed by atoms with Crippen LogP contribution in [0.3, 0.4) is 0 Å². The topological polar surface area (TPSA) is 64.2 Å². The van der Waals surface area contributed by atoms with E-state index in [0.29, 0.717) is 6.54 Å². The molecule has 1 fully saturated rings. The molecule has 0 aliphatic carbocycles. The van der Waals surface area contributed by atoms with E-state index in [1.54, 1.807) is 0 Å². The number of amides is 1. The first-order valence-electron chi connectivity index (χ1n) is 6.56. The number of thiophene rings is 1. The number of fused-ring (bicyclic) bond motifs is 1. The molecule has 1 unspecified atom stereocenters. The van der Waals surface area contributed by atoms with E-state index >= 15 is 0 Å². The molecule has 1 aliphatic heterocycles. The molecule has 1 amide bonds. The summed E-state index contributed by atoms with van der Waals surface area (Å²) in [5.74, 6) is 0.119. The summed E-state index contributed by atoms with van der Waals surface area (Å²) in [7, 11) is 1.92. The molecule has 1 saturated heterocycles. The van der Waals surface area contributed by atoms with Crippen molar-refractivity contribution in [2.45, 2.75) is 25.8 Å². The number of hydrogen-bond acceptors (Lipinski definition) is 4. The number of likely N-dealkylation sites (tertiary alicyclic amines) is 1. The molecule has 3 rings (SSSR count). The standard InChI is InChI=1S/C13H18N4OS/c1-8-10-6-11(19-13(10)16(2)15-8)12(18)17-5-3-4-9(17)7-14/h6,9H,3-5,7,14H2,1-2H3. The second-order valence-electron chi connectivity index (χ2n) is 5.07. The molecule has 102 valence electrons. The van der Waals surface area contributed by atoms with Gasteiger partial charge in [-0.3, -0.25) is 9.48 Å². The summed E-state index contributed by atoms with van der Waals surface area (Å²) in [6.07, 6.45) is 2.08. The summed E-state index contributed by atoms with van der Waals surface area (Å²) >= 11 is 1.52. The Hall–Kier alpha value is -1.40. The van der Waals surface area contributed by atoms with Crippen LogP contribution in [0.4, 0.5) is 0 Å². The number of hydrogen-bond donors (Lipinski definition) is 1. The quantitative estimate of drug-likeness (QED) is 0.905. The average Bonchev–Trinajstić information content (AvgIpc) is 3.08. The maximum Gasteiger partial charge on any atom is 0.264 e. The minimum Gasteiger partial charge on any atom is -0.334 e. The highest BCUT2D eigenvalue weighted by Gasteiger charge is 2.29. The molecule has 0 saturated carbocycles. The molecule has 0 spiro atoms. The van der Waals surface area contributed by atoms with E-state index in [-0.39, 0.29) is 11.9 Å². The van der Waals surface area contributed by atoms with Crippen LogP contribution in [0, 0.1) is 6.92 Å². The molecule has 1 aliphatic rings. The first-order valence-corrected chi connectivity index (χ1v) is 7.37. The van der Waals surface area contributed by atoms with Gasteiger partial charge in [0.1, 0.15) is 4.83 Å². The van der Waals surface area contributed by atoms with Crippen molar-refractivity contribution in [3.63, 3.8) is 0 Å². The van der Waals surface area contributed by atoms with Gasteiger partial charge >= 0.3 is 0 Å². The Balaban J connectivity index is 1.95. The second-order valence-corrected chi connectivity index (χ2v) is 6.10. The monoisotopic (exact) mass is 278 g/mol. The Kier molecular flexibility index (Phi) is 3.06. The fourth-order valence-corrected chi connectivity index (χ4v) is 3.88. The van der Waals surface area contributed by atoms with Gasteiger partial charge < -0.3 is 10.6 Å². The smallest absolute Gasteiger partial charge is 0.264 e. The Morgan fingerprint density at radius 1 is 1.63 bits per heavy atom. The SMILES string of the molecule is Cc1nn(C)c2sc(C(=O)N3CCCC3CN)cc12. The van der Waals surface area contributed by atoms with Crippen molar-refractivity contribution < 1.29 is 4.79 Å². The van der Waals surface area contributed by atoms with Crippen LogP contribution >= 0.6 is 11.3 Å². The highest BCUT2D eigenvalue weighted by Crippen LogP contribution is 2.30. The lowest BCUT2D eigenvalue weighted by molar-refractivity contribution is 0.0746. The van der Waals surface area contributed by atoms with Gasteiger partial charge in [-0.05, 0) is 25.8 Å². The molecule has 3 heterocycles. The van der Waals surface area contributed by atoms with E-state index in [0.717, 1.165) is 40.2 Å². The molecule has 0 bridgehead atoms. The zero-order valence-electron chi connectivity index (χ0n) is 11.2. The van der Waals surface area contributed by atoms with Crippen LogP contribution < -0.4 is 5.73 Å². The summed E-state index contributed by atoms with van der Waals surface area (Å²) in [6, 6.07) is 2.17. The van der Waals surface area contributed by atoms with Crippen LogP contribution in [-0.4, -0.2) is 39.7 Å². The predicted octanol–water partition coefficient (Wildman–Crippen LogP) is 1.51. The predicted molar refractivity (Wildman–Crippen MR) is 76.4 cm³/mol. The third-order valence-electron chi connectivity index (χ3n) is 3.82. The van der Waals surface area contributed by atoms with E-state index in [1.807, 2.05) is 29.6 Å². The number of nitrogens with two attached hydrogens (primary N) is 1. The van der Waals surface area contributed by atoms with Crippen molar-refractivity contribution in [2.75, 3.05) is 13.1 Å². The minimum absolute atomic E-state index is 0.119. The van der Waals surface area contributed by atoms with Crippen LogP contribution in [0.5, 0.6) is 0 Å². The first kappa shape index (κ1) is 12.6. The van der Waals surface area contributed by atoms with E-state index in [9.17, 15) is 4.79 Å². The fraction of sp³-hybridized carbons (Fsp3) is 0.538. The molecule has 6 heteroatoms. The maximum atomic E-state index is 12.6. The number of aromatic nitrogens is 2. The molecule has 0 radical (unpaired) electrons. The number of carbonyl (C=O) groups is 1. The fourth-order valence-electron chi connectivity index (χ4n) is 2.80. The van der Waals surface area contributed by atoms with E-state index in [1.165, 1.54) is 11.3 Å². The number of rotatable bonds is 2. The van der Waals surface area contributed by atoms with Crippen molar-refractivity contribution in [1.29, 1.82) is 0 Å². The zero-order chi connectivity index (χ0) is 13.6. The summed E-state index contributed by atoms with van der Waals surface area (Å²) in [6.45, 7) is 3.35. The summed E-state index contributed by atoms with van der Waals surface area (Å²) in [4.78, 5) is 16.3. The molecule has 1 atom stereocenters. The normalized spacial score (nSPS) is 19.5. The Morgan fingerprint density at radius 2 is 2.42 bits per heavy atom. The van der Waals surface area contributed by atoms with Gasteiger partial charge in [0.15, 0.2) is 0 Å². The van der Waals surface area contributed by atoms with Crippen LogP contribution in [0.1, 0.15) is 28.2 Å². The lowest BCUT2D eigenvalue weighted by Crippen LogP contribution is -2.39. The number of aryl methyl sites for hydroxylation is 2. The minimum atomic E-state index is 0.119. The van der Waals surface area contributed by atoms with Crippen molar-refractivity contribution in [3.8, 4) is 0 Å². The molecule has 19 heavy (non-hydrogen) atoms. The molecular weight excluding hydrogens is 260 g/mol. The molecule has 2 aromatic heterocycles. The molecule has 2 N–H and O–H groups in total. The summed E-state index contributed by atoms with van der Waals surface area (Å²) in [5, 5.41) is 5.44. The lowest BCUT2D eigenvalue weighted by Gasteiger charge is -2.22. The lowest BCUT2D eigenvalue weighted by atomic mass is 10.2. The molecule has 0 aromatic carbocycles. The van der Waals surface area contributed by atoms with Crippen molar-refractivity contribution in [3.05, 3.63) is 16.6 Å². The van der Waals surface area contributed by atoms with E-state index in [2.05, 4.69) is 5.10 Å². The van der Waals surface area contributed by atoms with Crippen LogP contribution in [0.25, 0.3) is 10.2 Å². The molecule has 5 nitrogen and oxygen atoms in total. The molecular formula is C13H18N4OS. The number of nitrogens with zero attached hydrogens (tertiary/aromatic N) is 3. The Bertz CT molecular complexity index is 595. The van der Waals surface area contributed by atoms with Crippen LogP contribution in [-0.2, 0) is 7.05 Å². The highest BCUT2D eigenvalue weighted by atomic mass is 32.1. The zero-order valence-corrected chi connectivity index (χ0v) is 12.0. The van der Waals surface area contributed by atoms with Gasteiger partial charge in [-0.25, -0.2) is 0 Å². The van der Waals surface area contributed by atoms with Gasteiger partial charge in [-0.15, -0.1) is 11.3 Å². The van der Waals surface area contributed by atoms with Gasteiger partial charge in [0, 0.05) is 31.6 Å².